The van der Waals surface area contributed by atoms with E-state index in [1.165, 1.54) is 0 Å². The first-order valence-electron chi connectivity index (χ1n) is 8.67. The molecule has 0 aromatic heterocycles. The molecule has 1 saturated heterocycles. The molecule has 1 heterocycles. The molecule has 1 amide bonds. The standard InChI is InChI=1S/C20H26N2O2.ClH/c1-13-12-21-9-8-19(13)22-20(23)14(2)15-4-5-17-11-18(24-3)7-6-16(17)10-15;/h4-7,10-11,13-14,19,21H,8-9,12H2,1-3H3,(H,22,23);1H. The van der Waals surface area contributed by atoms with E-state index in [1.807, 2.05) is 31.2 Å². The predicted octanol–water partition coefficient (Wildman–Crippen LogP) is 3.49. The number of ether oxygens (including phenoxy) is 1. The first-order chi connectivity index (χ1) is 11.6. The molecule has 1 aliphatic heterocycles. The van der Waals surface area contributed by atoms with Crippen molar-refractivity contribution in [3.63, 3.8) is 0 Å². The molecule has 136 valence electrons. The lowest BCUT2D eigenvalue weighted by Gasteiger charge is -2.31. The Morgan fingerprint density at radius 1 is 1.24 bits per heavy atom. The van der Waals surface area contributed by atoms with Crippen molar-refractivity contribution in [2.45, 2.75) is 32.2 Å². The molecule has 0 spiro atoms. The normalized spacial score (nSPS) is 21.2. The Hall–Kier alpha value is -1.78. The lowest BCUT2D eigenvalue weighted by Crippen LogP contribution is -2.49. The van der Waals surface area contributed by atoms with Crippen LogP contribution < -0.4 is 15.4 Å². The average Bonchev–Trinajstić information content (AvgIpc) is 2.62. The summed E-state index contributed by atoms with van der Waals surface area (Å²) < 4.78 is 5.26. The van der Waals surface area contributed by atoms with E-state index in [0.717, 1.165) is 41.6 Å². The Morgan fingerprint density at radius 3 is 2.68 bits per heavy atom. The minimum atomic E-state index is -0.154. The largest absolute Gasteiger partial charge is 0.497 e. The minimum absolute atomic E-state index is 0. The number of carbonyl (C=O) groups is 1. The van der Waals surface area contributed by atoms with Gasteiger partial charge in [0.15, 0.2) is 0 Å². The van der Waals surface area contributed by atoms with E-state index in [9.17, 15) is 4.79 Å². The Kier molecular flexibility index (Phi) is 6.68. The van der Waals surface area contributed by atoms with E-state index < -0.39 is 0 Å². The Balaban J connectivity index is 0.00000225. The van der Waals surface area contributed by atoms with Gasteiger partial charge in [0.2, 0.25) is 5.91 Å². The highest BCUT2D eigenvalue weighted by Crippen LogP contribution is 2.25. The smallest absolute Gasteiger partial charge is 0.227 e. The van der Waals surface area contributed by atoms with Gasteiger partial charge < -0.3 is 15.4 Å². The molecule has 0 bridgehead atoms. The van der Waals surface area contributed by atoms with Crippen LogP contribution >= 0.6 is 12.4 Å². The Bertz CT molecular complexity index is 735. The van der Waals surface area contributed by atoms with Gasteiger partial charge in [0.1, 0.15) is 5.75 Å². The van der Waals surface area contributed by atoms with Crippen LogP contribution in [-0.4, -0.2) is 32.1 Å². The third kappa shape index (κ3) is 4.44. The van der Waals surface area contributed by atoms with Gasteiger partial charge in [-0.05, 0) is 60.8 Å². The van der Waals surface area contributed by atoms with Gasteiger partial charge >= 0.3 is 0 Å². The molecule has 25 heavy (non-hydrogen) atoms. The zero-order valence-electron chi connectivity index (χ0n) is 15.0. The Morgan fingerprint density at radius 2 is 1.96 bits per heavy atom. The molecule has 0 saturated carbocycles. The quantitative estimate of drug-likeness (QED) is 0.875. The number of nitrogens with one attached hydrogen (secondary N) is 2. The van der Waals surface area contributed by atoms with Crippen molar-refractivity contribution in [1.29, 1.82) is 0 Å². The van der Waals surface area contributed by atoms with E-state index >= 15 is 0 Å². The number of methoxy groups -OCH3 is 1. The summed E-state index contributed by atoms with van der Waals surface area (Å²) in [6.45, 7) is 6.11. The van der Waals surface area contributed by atoms with Gasteiger partial charge in [-0.15, -0.1) is 12.4 Å². The van der Waals surface area contributed by atoms with Gasteiger partial charge in [-0.2, -0.15) is 0 Å². The van der Waals surface area contributed by atoms with Crippen molar-refractivity contribution in [2.75, 3.05) is 20.2 Å². The van der Waals surface area contributed by atoms with Gasteiger partial charge in [0.05, 0.1) is 13.0 Å². The molecule has 0 radical (unpaired) electrons. The summed E-state index contributed by atoms with van der Waals surface area (Å²) in [4.78, 5) is 12.6. The number of benzene rings is 2. The second-order valence-electron chi connectivity index (χ2n) is 6.78. The molecule has 2 aromatic rings. The monoisotopic (exact) mass is 362 g/mol. The van der Waals surface area contributed by atoms with Crippen LogP contribution in [0, 0.1) is 5.92 Å². The molecule has 1 fully saturated rings. The molecule has 3 unspecified atom stereocenters. The lowest BCUT2D eigenvalue weighted by atomic mass is 9.93. The number of hydrogen-bond donors (Lipinski definition) is 2. The lowest BCUT2D eigenvalue weighted by molar-refractivity contribution is -0.123. The zero-order valence-corrected chi connectivity index (χ0v) is 15.9. The van der Waals surface area contributed by atoms with Crippen LogP contribution in [-0.2, 0) is 4.79 Å². The zero-order chi connectivity index (χ0) is 17.1. The summed E-state index contributed by atoms with van der Waals surface area (Å²) in [7, 11) is 1.67. The van der Waals surface area contributed by atoms with Crippen LogP contribution in [0.5, 0.6) is 5.75 Å². The van der Waals surface area contributed by atoms with Gasteiger partial charge in [-0.1, -0.05) is 31.2 Å². The molecule has 4 nitrogen and oxygen atoms in total. The number of carbonyl (C=O) groups excluding carboxylic acids is 1. The molecule has 0 aliphatic carbocycles. The van der Waals surface area contributed by atoms with Crippen molar-refractivity contribution in [1.82, 2.24) is 10.6 Å². The van der Waals surface area contributed by atoms with Crippen LogP contribution in [0.1, 0.15) is 31.7 Å². The number of fused-ring (bicyclic) bond motifs is 1. The number of rotatable bonds is 4. The van der Waals surface area contributed by atoms with E-state index in [4.69, 9.17) is 4.74 Å². The van der Waals surface area contributed by atoms with Crippen molar-refractivity contribution < 1.29 is 9.53 Å². The maximum absolute atomic E-state index is 12.6. The topological polar surface area (TPSA) is 50.4 Å². The second kappa shape index (κ2) is 8.54. The summed E-state index contributed by atoms with van der Waals surface area (Å²) in [5, 5.41) is 8.85. The second-order valence-corrected chi connectivity index (χ2v) is 6.78. The highest BCUT2D eigenvalue weighted by molar-refractivity contribution is 5.88. The number of amides is 1. The maximum Gasteiger partial charge on any atom is 0.227 e. The van der Waals surface area contributed by atoms with Crippen molar-refractivity contribution in [2.24, 2.45) is 5.92 Å². The van der Waals surface area contributed by atoms with Crippen LogP contribution in [0.4, 0.5) is 0 Å². The third-order valence-electron chi connectivity index (χ3n) is 5.08. The van der Waals surface area contributed by atoms with E-state index in [0.29, 0.717) is 5.92 Å². The summed E-state index contributed by atoms with van der Waals surface area (Å²) >= 11 is 0. The van der Waals surface area contributed by atoms with Crippen LogP contribution in [0.2, 0.25) is 0 Å². The first-order valence-corrected chi connectivity index (χ1v) is 8.67. The highest BCUT2D eigenvalue weighted by Gasteiger charge is 2.25. The first kappa shape index (κ1) is 19.5. The molecule has 3 rings (SSSR count). The predicted molar refractivity (Wildman–Crippen MR) is 105 cm³/mol. The van der Waals surface area contributed by atoms with E-state index in [1.54, 1.807) is 7.11 Å². The van der Waals surface area contributed by atoms with Crippen molar-refractivity contribution in [3.8, 4) is 5.75 Å². The summed E-state index contributed by atoms with van der Waals surface area (Å²) in [5.74, 6) is 1.28. The van der Waals surface area contributed by atoms with Crippen molar-refractivity contribution in [3.05, 3.63) is 42.0 Å². The van der Waals surface area contributed by atoms with Crippen LogP contribution in [0.15, 0.2) is 36.4 Å². The van der Waals surface area contributed by atoms with Gasteiger partial charge in [-0.25, -0.2) is 0 Å². The molecular weight excluding hydrogens is 336 g/mol. The van der Waals surface area contributed by atoms with Crippen LogP contribution in [0.3, 0.4) is 0 Å². The van der Waals surface area contributed by atoms with Gasteiger partial charge in [0.25, 0.3) is 0 Å². The molecule has 1 aliphatic rings. The SMILES string of the molecule is COc1ccc2cc(C(C)C(=O)NC3CCNCC3C)ccc2c1.Cl. The maximum atomic E-state index is 12.6. The minimum Gasteiger partial charge on any atom is -0.497 e. The van der Waals surface area contributed by atoms with Gasteiger partial charge in [-0.3, -0.25) is 4.79 Å². The third-order valence-corrected chi connectivity index (χ3v) is 5.08. The summed E-state index contributed by atoms with van der Waals surface area (Å²) in [6, 6.07) is 12.5. The van der Waals surface area contributed by atoms with Crippen LogP contribution in [0.25, 0.3) is 10.8 Å². The highest BCUT2D eigenvalue weighted by atomic mass is 35.5. The van der Waals surface area contributed by atoms with E-state index in [-0.39, 0.29) is 30.3 Å². The average molecular weight is 363 g/mol. The number of halogens is 1. The van der Waals surface area contributed by atoms with Crippen molar-refractivity contribution >= 4 is 29.1 Å². The molecular formula is C20H27ClN2O2. The fraction of sp³-hybridized carbons (Fsp3) is 0.450. The fourth-order valence-corrected chi connectivity index (χ4v) is 3.33. The molecule has 2 aromatic carbocycles. The molecule has 2 N–H and O–H groups in total. The molecule has 5 heteroatoms. The summed E-state index contributed by atoms with van der Waals surface area (Å²) in [5.41, 5.74) is 1.05. The summed E-state index contributed by atoms with van der Waals surface area (Å²) in [6.07, 6.45) is 0.997. The fourth-order valence-electron chi connectivity index (χ4n) is 3.33. The van der Waals surface area contributed by atoms with E-state index in [2.05, 4.69) is 29.7 Å². The van der Waals surface area contributed by atoms with Gasteiger partial charge in [0, 0.05) is 6.04 Å². The Labute approximate surface area is 155 Å². The number of piperidine rings is 1. The number of hydrogen-bond acceptors (Lipinski definition) is 3. The molecule has 3 atom stereocenters.